The number of aromatic nitrogens is 1. The lowest BCUT2D eigenvalue weighted by atomic mass is 10.1. The largest absolute Gasteiger partial charge is 0.508 e. The lowest BCUT2D eigenvalue weighted by Gasteiger charge is -2.25. The van der Waals surface area contributed by atoms with Crippen LogP contribution in [0.5, 0.6) is 11.5 Å². The molecule has 5 nitrogen and oxygen atoms in total. The van der Waals surface area contributed by atoms with E-state index < -0.39 is 0 Å². The Morgan fingerprint density at radius 3 is 2.07 bits per heavy atom. The van der Waals surface area contributed by atoms with Crippen molar-refractivity contribution >= 4 is 17.4 Å². The van der Waals surface area contributed by atoms with Gasteiger partial charge in [0.05, 0.1) is 17.8 Å². The van der Waals surface area contributed by atoms with Crippen LogP contribution in [0, 0.1) is 6.92 Å². The summed E-state index contributed by atoms with van der Waals surface area (Å²) >= 11 is 6.35. The van der Waals surface area contributed by atoms with Gasteiger partial charge in [0.2, 0.25) is 0 Å². The van der Waals surface area contributed by atoms with Crippen molar-refractivity contribution in [2.24, 2.45) is 0 Å². The van der Waals surface area contributed by atoms with Crippen LogP contribution < -0.4 is 9.64 Å². The van der Waals surface area contributed by atoms with Gasteiger partial charge >= 0.3 is 0 Å². The third kappa shape index (κ3) is 6.94. The van der Waals surface area contributed by atoms with Crippen LogP contribution in [0.2, 0.25) is 5.02 Å². The van der Waals surface area contributed by atoms with Crippen LogP contribution in [0.3, 0.4) is 0 Å². The average molecular weight is 429 g/mol. The Hall–Kier alpha value is -2.76. The first-order chi connectivity index (χ1) is 14.5. The summed E-state index contributed by atoms with van der Waals surface area (Å²) in [6.45, 7) is 7.40. The Kier molecular flexibility index (Phi) is 9.45. The highest BCUT2D eigenvalue weighted by Crippen LogP contribution is 2.29. The Morgan fingerprint density at radius 1 is 0.967 bits per heavy atom. The number of aryl methyl sites for hydroxylation is 1. The zero-order chi connectivity index (χ0) is 21.9. The molecule has 2 aromatic carbocycles. The highest BCUT2D eigenvalue weighted by atomic mass is 35.5. The Morgan fingerprint density at radius 2 is 1.53 bits per heavy atom. The van der Waals surface area contributed by atoms with E-state index in [4.69, 9.17) is 21.4 Å². The van der Waals surface area contributed by atoms with Crippen molar-refractivity contribution in [2.45, 2.75) is 33.9 Å². The van der Waals surface area contributed by atoms with Gasteiger partial charge < -0.3 is 19.8 Å². The molecule has 30 heavy (non-hydrogen) atoms. The molecular formula is C24H29ClN2O3. The smallest absolute Gasteiger partial charge is 0.156 e. The van der Waals surface area contributed by atoms with Gasteiger partial charge in [-0.05, 0) is 30.2 Å². The number of aliphatic hydroxyl groups is 1. The van der Waals surface area contributed by atoms with Crippen LogP contribution in [0.25, 0.3) is 0 Å². The van der Waals surface area contributed by atoms with Crippen molar-refractivity contribution in [3.63, 3.8) is 0 Å². The first-order valence-corrected chi connectivity index (χ1v) is 10.4. The van der Waals surface area contributed by atoms with Crippen LogP contribution in [0.4, 0.5) is 5.82 Å². The molecule has 3 aromatic rings. The number of rotatable bonds is 8. The van der Waals surface area contributed by atoms with E-state index in [0.29, 0.717) is 23.9 Å². The maximum absolute atomic E-state index is 9.53. The lowest BCUT2D eigenvalue weighted by Crippen LogP contribution is -2.23. The van der Waals surface area contributed by atoms with Gasteiger partial charge in [-0.1, -0.05) is 67.4 Å². The van der Waals surface area contributed by atoms with Gasteiger partial charge in [-0.2, -0.15) is 0 Å². The van der Waals surface area contributed by atoms with E-state index in [1.54, 1.807) is 24.4 Å². The van der Waals surface area contributed by atoms with E-state index in [1.807, 2.05) is 26.0 Å². The minimum absolute atomic E-state index is 0.0848. The molecule has 6 heteroatoms. The van der Waals surface area contributed by atoms with E-state index in [9.17, 15) is 5.11 Å². The van der Waals surface area contributed by atoms with Crippen molar-refractivity contribution in [1.82, 2.24) is 4.98 Å². The van der Waals surface area contributed by atoms with E-state index >= 15 is 0 Å². The first kappa shape index (κ1) is 23.5. The van der Waals surface area contributed by atoms with Crippen molar-refractivity contribution in [2.75, 3.05) is 18.1 Å². The summed E-state index contributed by atoms with van der Waals surface area (Å²) < 4.78 is 5.39. The summed E-state index contributed by atoms with van der Waals surface area (Å²) in [5.74, 6) is 1.40. The molecular weight excluding hydrogens is 400 g/mol. The second kappa shape index (κ2) is 12.1. The number of aromatic hydroxyl groups is 1. The van der Waals surface area contributed by atoms with Crippen LogP contribution in [-0.2, 0) is 13.1 Å². The summed E-state index contributed by atoms with van der Waals surface area (Å²) in [4.78, 5) is 6.62. The van der Waals surface area contributed by atoms with Gasteiger partial charge in [0.25, 0.3) is 0 Å². The van der Waals surface area contributed by atoms with E-state index in [2.05, 4.69) is 41.1 Å². The third-order valence-electron chi connectivity index (χ3n) is 4.28. The normalized spacial score (nSPS) is 10.2. The number of anilines is 1. The molecule has 0 saturated carbocycles. The van der Waals surface area contributed by atoms with Crippen LogP contribution in [0.15, 0.2) is 60.8 Å². The second-order valence-electron chi connectivity index (χ2n) is 6.55. The molecule has 0 aliphatic carbocycles. The number of hydrogen-bond donors (Lipinski definition) is 2. The molecule has 160 valence electrons. The number of benzene rings is 2. The minimum atomic E-state index is -0.0848. The molecule has 0 saturated heterocycles. The number of hydrogen-bond acceptors (Lipinski definition) is 5. The number of phenols is 1. The van der Waals surface area contributed by atoms with Crippen molar-refractivity contribution in [3.8, 4) is 11.5 Å². The summed E-state index contributed by atoms with van der Waals surface area (Å²) in [5.41, 5.74) is 3.41. The van der Waals surface area contributed by atoms with Crippen LogP contribution in [0.1, 0.15) is 30.5 Å². The number of aliphatic hydroxyl groups excluding tert-OH is 1. The molecule has 0 unspecified atom stereocenters. The molecule has 1 heterocycles. The summed E-state index contributed by atoms with van der Waals surface area (Å²) in [6, 6.07) is 17.2. The fraction of sp³-hybridized carbons (Fsp3) is 0.292. The number of ether oxygens (including phenoxy) is 1. The van der Waals surface area contributed by atoms with E-state index in [-0.39, 0.29) is 19.0 Å². The van der Waals surface area contributed by atoms with Gasteiger partial charge in [-0.15, -0.1) is 0 Å². The van der Waals surface area contributed by atoms with Gasteiger partial charge in [-0.25, -0.2) is 4.98 Å². The molecule has 0 bridgehead atoms. The second-order valence-corrected chi connectivity index (χ2v) is 6.96. The fourth-order valence-corrected chi connectivity index (χ4v) is 3.00. The molecule has 0 amide bonds. The summed E-state index contributed by atoms with van der Waals surface area (Å²) in [7, 11) is 0. The standard InChI is InChI=1S/C22H23ClN2O3.C2H6/c1-16-2-4-17(5-3-16)14-25(15-18-6-8-19(27)9-7-18)22-12-20(23)21(13-24-22)28-11-10-26;1-2/h2-9,12-13,26-27H,10-11,14-15H2,1H3;1-2H3. The lowest BCUT2D eigenvalue weighted by molar-refractivity contribution is 0.201. The molecule has 0 aliphatic heterocycles. The molecule has 0 atom stereocenters. The van der Waals surface area contributed by atoms with Gasteiger partial charge in [0.15, 0.2) is 5.75 Å². The topological polar surface area (TPSA) is 65.8 Å². The summed E-state index contributed by atoms with van der Waals surface area (Å²) in [5, 5.41) is 18.9. The number of nitrogens with zero attached hydrogens (tertiary/aromatic N) is 2. The van der Waals surface area contributed by atoms with Gasteiger partial charge in [-0.3, -0.25) is 0 Å². The zero-order valence-corrected chi connectivity index (χ0v) is 18.4. The number of halogens is 1. The van der Waals surface area contributed by atoms with Crippen molar-refractivity contribution < 1.29 is 14.9 Å². The Balaban J connectivity index is 0.00000155. The average Bonchev–Trinajstić information content (AvgIpc) is 2.77. The third-order valence-corrected chi connectivity index (χ3v) is 4.58. The Bertz CT molecular complexity index is 852. The predicted molar refractivity (Wildman–Crippen MR) is 122 cm³/mol. The van der Waals surface area contributed by atoms with Crippen LogP contribution >= 0.6 is 11.6 Å². The maximum Gasteiger partial charge on any atom is 0.156 e. The molecule has 1 aromatic heterocycles. The highest BCUT2D eigenvalue weighted by molar-refractivity contribution is 6.32. The highest BCUT2D eigenvalue weighted by Gasteiger charge is 2.13. The van der Waals surface area contributed by atoms with E-state index in [0.717, 1.165) is 16.9 Å². The predicted octanol–water partition coefficient (Wildman–Crippen LogP) is 5.35. The maximum atomic E-state index is 9.53. The Labute approximate surface area is 183 Å². The zero-order valence-electron chi connectivity index (χ0n) is 17.7. The van der Waals surface area contributed by atoms with Gasteiger partial charge in [0, 0.05) is 19.2 Å². The molecule has 0 fully saturated rings. The molecule has 2 N–H and O–H groups in total. The molecule has 3 rings (SSSR count). The monoisotopic (exact) mass is 428 g/mol. The first-order valence-electron chi connectivity index (χ1n) is 10.0. The minimum Gasteiger partial charge on any atom is -0.508 e. The van der Waals surface area contributed by atoms with Crippen molar-refractivity contribution in [1.29, 1.82) is 0 Å². The molecule has 0 radical (unpaired) electrons. The quantitative estimate of drug-likeness (QED) is 0.506. The van der Waals surface area contributed by atoms with Gasteiger partial charge in [0.1, 0.15) is 18.2 Å². The molecule has 0 aliphatic rings. The summed E-state index contributed by atoms with van der Waals surface area (Å²) in [6.07, 6.45) is 1.58. The van der Waals surface area contributed by atoms with Crippen molar-refractivity contribution in [3.05, 3.63) is 82.5 Å². The molecule has 0 spiro atoms. The fourth-order valence-electron chi connectivity index (χ4n) is 2.80. The number of phenolic OH excluding ortho intramolecular Hbond substituents is 1. The number of pyridine rings is 1. The van der Waals surface area contributed by atoms with Crippen LogP contribution in [-0.4, -0.2) is 28.4 Å². The van der Waals surface area contributed by atoms with E-state index in [1.165, 1.54) is 5.56 Å². The SMILES string of the molecule is CC.Cc1ccc(CN(Cc2ccc(O)cc2)c2cc(Cl)c(OCCO)cn2)cc1.